The fourth-order valence-corrected chi connectivity index (χ4v) is 4.48. The lowest BCUT2D eigenvalue weighted by Crippen LogP contribution is -2.50. The number of hydrogen-bond donors (Lipinski definition) is 5. The van der Waals surface area contributed by atoms with Gasteiger partial charge in [0.15, 0.2) is 0 Å². The third-order valence-corrected chi connectivity index (χ3v) is 6.23. The molecule has 3 rings (SSSR count). The average Bonchev–Trinajstić information content (AvgIpc) is 3.40. The molecule has 0 bridgehead atoms. The first-order valence-electron chi connectivity index (χ1n) is 11.0. The molecule has 1 heterocycles. The summed E-state index contributed by atoms with van der Waals surface area (Å²) in [6.45, 7) is 3.42. The van der Waals surface area contributed by atoms with Gasteiger partial charge in [-0.3, -0.25) is 9.59 Å². The fourth-order valence-electron chi connectivity index (χ4n) is 4.48. The maximum Gasteiger partial charge on any atom is 0.224 e. The number of nitrogens with one attached hydrogen (secondary N) is 3. The average molecular weight is 428 g/mol. The van der Waals surface area contributed by atoms with E-state index in [4.69, 9.17) is 0 Å². The van der Waals surface area contributed by atoms with Crippen molar-refractivity contribution in [3.8, 4) is 0 Å². The first kappa shape index (κ1) is 23.0. The molecule has 7 nitrogen and oxygen atoms in total. The quantitative estimate of drug-likeness (QED) is 0.354. The third-order valence-electron chi connectivity index (χ3n) is 6.23. The molecule has 1 saturated carbocycles. The Labute approximate surface area is 182 Å². The van der Waals surface area contributed by atoms with Crippen LogP contribution in [0, 0.1) is 5.92 Å². The van der Waals surface area contributed by atoms with Crippen LogP contribution in [-0.2, 0) is 16.0 Å². The van der Waals surface area contributed by atoms with E-state index in [1.54, 1.807) is 6.08 Å². The minimum atomic E-state index is -0.577. The van der Waals surface area contributed by atoms with E-state index in [0.717, 1.165) is 42.1 Å². The zero-order valence-electron chi connectivity index (χ0n) is 17.9. The summed E-state index contributed by atoms with van der Waals surface area (Å²) in [5, 5.41) is 26.5. The molecular weight excluding hydrogens is 394 g/mol. The van der Waals surface area contributed by atoms with Crippen molar-refractivity contribution in [2.45, 2.75) is 56.5 Å². The number of aromatic nitrogens is 1. The molecule has 2 amide bonds. The van der Waals surface area contributed by atoms with Crippen LogP contribution in [0.15, 0.2) is 43.1 Å². The molecule has 31 heavy (non-hydrogen) atoms. The largest absolute Gasteiger partial charge is 0.394 e. The van der Waals surface area contributed by atoms with Crippen molar-refractivity contribution in [3.63, 3.8) is 0 Å². The molecule has 0 radical (unpaired) electrons. The topological polar surface area (TPSA) is 114 Å². The third kappa shape index (κ3) is 5.74. The van der Waals surface area contributed by atoms with E-state index >= 15 is 0 Å². The zero-order chi connectivity index (χ0) is 22.3. The number of aliphatic hydroxyl groups excluding tert-OH is 2. The highest BCUT2D eigenvalue weighted by Gasteiger charge is 2.35. The number of amides is 2. The molecule has 1 fully saturated rings. The van der Waals surface area contributed by atoms with Gasteiger partial charge in [0.05, 0.1) is 30.7 Å². The Balaban J connectivity index is 1.61. The van der Waals surface area contributed by atoms with E-state index in [1.165, 1.54) is 0 Å². The van der Waals surface area contributed by atoms with Crippen molar-refractivity contribution in [3.05, 3.63) is 48.7 Å². The lowest BCUT2D eigenvalue weighted by molar-refractivity contribution is -0.132. The van der Waals surface area contributed by atoms with Crippen LogP contribution in [0.5, 0.6) is 0 Å². The van der Waals surface area contributed by atoms with Gasteiger partial charge in [-0.05, 0) is 37.3 Å². The van der Waals surface area contributed by atoms with E-state index in [1.807, 2.05) is 30.5 Å². The van der Waals surface area contributed by atoms with Crippen LogP contribution < -0.4 is 10.6 Å². The summed E-state index contributed by atoms with van der Waals surface area (Å²) >= 11 is 0. The number of H-pyrrole nitrogens is 1. The van der Waals surface area contributed by atoms with Crippen LogP contribution in [0.2, 0.25) is 0 Å². The van der Waals surface area contributed by atoms with E-state index in [9.17, 15) is 19.8 Å². The van der Waals surface area contributed by atoms with Crippen LogP contribution in [-0.4, -0.2) is 51.8 Å². The second kappa shape index (κ2) is 10.6. The number of benzene rings is 1. The van der Waals surface area contributed by atoms with Gasteiger partial charge in [0.25, 0.3) is 0 Å². The van der Waals surface area contributed by atoms with E-state index in [0.29, 0.717) is 12.8 Å². The summed E-state index contributed by atoms with van der Waals surface area (Å²) in [4.78, 5) is 28.7. The molecule has 0 unspecified atom stereocenters. The fraction of sp³-hybridized carbons (Fsp3) is 0.500. The molecular formula is C24H33N3O4. The Morgan fingerprint density at radius 1 is 1.23 bits per heavy atom. The van der Waals surface area contributed by atoms with Crippen molar-refractivity contribution in [2.75, 3.05) is 13.2 Å². The van der Waals surface area contributed by atoms with Gasteiger partial charge in [0, 0.05) is 23.5 Å². The van der Waals surface area contributed by atoms with Crippen molar-refractivity contribution in [1.82, 2.24) is 15.6 Å². The maximum absolute atomic E-state index is 12.9. The number of fused-ring (bicyclic) bond motifs is 1. The van der Waals surface area contributed by atoms with Gasteiger partial charge in [-0.2, -0.15) is 0 Å². The van der Waals surface area contributed by atoms with Gasteiger partial charge in [-0.25, -0.2) is 0 Å². The molecule has 7 heteroatoms. The number of carbonyl (C=O) groups excluding carboxylic acids is 2. The zero-order valence-corrected chi connectivity index (χ0v) is 17.9. The predicted octanol–water partition coefficient (Wildman–Crippen LogP) is 2.19. The summed E-state index contributed by atoms with van der Waals surface area (Å²) in [5.74, 6) is -1.10. The Bertz CT molecular complexity index is 901. The SMILES string of the molecule is C=CC[C@@H](CC(=O)NC1(CO)CCCC1)C(=O)N[C@H](CO)Cc1c[nH]c2ccccc12. The number of allylic oxidation sites excluding steroid dienone is 1. The van der Waals surface area contributed by atoms with Gasteiger partial charge >= 0.3 is 0 Å². The molecule has 1 aromatic carbocycles. The van der Waals surface area contributed by atoms with E-state index < -0.39 is 17.5 Å². The molecule has 1 aliphatic carbocycles. The predicted molar refractivity (Wildman–Crippen MR) is 120 cm³/mol. The van der Waals surface area contributed by atoms with Crippen LogP contribution >= 0.6 is 0 Å². The lowest BCUT2D eigenvalue weighted by atomic mass is 9.95. The monoisotopic (exact) mass is 427 g/mol. The number of carbonyl (C=O) groups is 2. The van der Waals surface area contributed by atoms with Crippen LogP contribution in [0.4, 0.5) is 0 Å². The van der Waals surface area contributed by atoms with Crippen LogP contribution in [0.1, 0.15) is 44.1 Å². The molecule has 2 aromatic rings. The summed E-state index contributed by atoms with van der Waals surface area (Å²) in [6, 6.07) is 7.43. The number of aliphatic hydroxyl groups is 2. The summed E-state index contributed by atoms with van der Waals surface area (Å²) < 4.78 is 0. The Kier molecular flexibility index (Phi) is 7.87. The number of aromatic amines is 1. The first-order valence-corrected chi connectivity index (χ1v) is 11.0. The van der Waals surface area contributed by atoms with Gasteiger partial charge in [0.2, 0.25) is 11.8 Å². The molecule has 1 aromatic heterocycles. The van der Waals surface area contributed by atoms with Gasteiger partial charge in [-0.15, -0.1) is 6.58 Å². The molecule has 0 saturated heterocycles. The summed E-state index contributed by atoms with van der Waals surface area (Å²) in [5.41, 5.74) is 1.46. The number of rotatable bonds is 11. The highest BCUT2D eigenvalue weighted by molar-refractivity contribution is 5.87. The summed E-state index contributed by atoms with van der Waals surface area (Å²) in [7, 11) is 0. The Morgan fingerprint density at radius 3 is 2.65 bits per heavy atom. The van der Waals surface area contributed by atoms with E-state index in [-0.39, 0.29) is 31.4 Å². The number of hydrogen-bond acceptors (Lipinski definition) is 4. The van der Waals surface area contributed by atoms with Crippen molar-refractivity contribution in [1.29, 1.82) is 0 Å². The first-order chi connectivity index (χ1) is 15.0. The van der Waals surface area contributed by atoms with Crippen molar-refractivity contribution < 1.29 is 19.8 Å². The van der Waals surface area contributed by atoms with Gasteiger partial charge in [-0.1, -0.05) is 37.1 Å². The molecule has 0 spiro atoms. The smallest absolute Gasteiger partial charge is 0.224 e. The van der Waals surface area contributed by atoms with Crippen LogP contribution in [0.25, 0.3) is 10.9 Å². The second-order valence-corrected chi connectivity index (χ2v) is 8.57. The lowest BCUT2D eigenvalue weighted by Gasteiger charge is -2.29. The van der Waals surface area contributed by atoms with Crippen LogP contribution in [0.3, 0.4) is 0 Å². The van der Waals surface area contributed by atoms with Gasteiger partial charge < -0.3 is 25.8 Å². The van der Waals surface area contributed by atoms with Crippen molar-refractivity contribution >= 4 is 22.7 Å². The molecule has 0 aliphatic heterocycles. The van der Waals surface area contributed by atoms with Crippen molar-refractivity contribution in [2.24, 2.45) is 5.92 Å². The van der Waals surface area contributed by atoms with Gasteiger partial charge in [0.1, 0.15) is 0 Å². The molecule has 5 N–H and O–H groups in total. The molecule has 2 atom stereocenters. The molecule has 168 valence electrons. The maximum atomic E-state index is 12.9. The summed E-state index contributed by atoms with van der Waals surface area (Å²) in [6.07, 6.45) is 7.84. The molecule has 1 aliphatic rings. The second-order valence-electron chi connectivity index (χ2n) is 8.57. The highest BCUT2D eigenvalue weighted by atomic mass is 16.3. The van der Waals surface area contributed by atoms with E-state index in [2.05, 4.69) is 22.2 Å². The highest BCUT2D eigenvalue weighted by Crippen LogP contribution is 2.29. The normalized spacial score (nSPS) is 17.2. The number of para-hydroxylation sites is 1. The Hall–Kier alpha value is -2.64. The minimum absolute atomic E-state index is 0.0187. The minimum Gasteiger partial charge on any atom is -0.394 e. The Morgan fingerprint density at radius 2 is 1.97 bits per heavy atom. The standard InChI is InChI=1S/C24H33N3O4/c1-2-7-17(13-22(30)27-24(16-29)10-5-6-11-24)23(31)26-19(15-28)12-18-14-25-21-9-4-3-8-20(18)21/h2-4,8-9,14,17,19,25,28-29H,1,5-7,10-13,15-16H2,(H,26,31)(H,27,30)/t17-,19-/m0/s1.